The molecule has 1 N–H and O–H groups in total. The van der Waals surface area contributed by atoms with Crippen molar-refractivity contribution < 1.29 is 9.90 Å². The number of pyridine rings is 1. The average molecular weight is 361 g/mol. The van der Waals surface area contributed by atoms with Gasteiger partial charge >= 0.3 is 0 Å². The van der Waals surface area contributed by atoms with Gasteiger partial charge in [0.1, 0.15) is 0 Å². The van der Waals surface area contributed by atoms with Crippen molar-refractivity contribution in [1.82, 2.24) is 19.7 Å². The number of likely N-dealkylation sites (N-methyl/N-ethyl adjacent to an activating group) is 1. The average Bonchev–Trinajstić information content (AvgIpc) is 2.96. The largest absolute Gasteiger partial charge is 0.396 e. The number of amides is 1. The minimum atomic E-state index is 0.173. The number of hydrogen-bond donors (Lipinski definition) is 1. The van der Waals surface area contributed by atoms with Crippen LogP contribution in [0, 0.1) is 11.8 Å². The second-order valence-corrected chi connectivity index (χ2v) is 7.81. The summed E-state index contributed by atoms with van der Waals surface area (Å²) < 4.78 is 0. The molecule has 26 heavy (non-hydrogen) atoms. The molecule has 2 unspecified atom stereocenters. The van der Waals surface area contributed by atoms with Gasteiger partial charge < -0.3 is 19.8 Å². The molecule has 6 nitrogen and oxygen atoms in total. The zero-order valence-electron chi connectivity index (χ0n) is 15.9. The predicted octanol–water partition coefficient (Wildman–Crippen LogP) is 0.719. The molecule has 2 aliphatic heterocycles. The Morgan fingerprint density at radius 2 is 1.92 bits per heavy atom. The zero-order chi connectivity index (χ0) is 18.4. The topological polar surface area (TPSA) is 59.9 Å². The number of aliphatic hydroxyl groups is 1. The number of hydrogen-bond acceptors (Lipinski definition) is 5. The van der Waals surface area contributed by atoms with Crippen molar-refractivity contribution in [2.45, 2.75) is 19.3 Å². The second-order valence-electron chi connectivity index (χ2n) is 7.81. The Kier molecular flexibility index (Phi) is 7.00. The molecule has 3 heterocycles. The van der Waals surface area contributed by atoms with Crippen molar-refractivity contribution >= 4 is 5.91 Å². The molecule has 1 amide bonds. The standard InChI is InChI=1S/C20H32N4O2/c1-22-9-2-10-23(12-11-22)13-18-14-24(15-19(18)16-25)20(26)4-3-17-5-7-21-8-6-17/h5-8,18-19,25H,2-4,9-16H2,1H3. The van der Waals surface area contributed by atoms with Gasteiger partial charge in [-0.25, -0.2) is 0 Å². The smallest absolute Gasteiger partial charge is 0.222 e. The van der Waals surface area contributed by atoms with E-state index in [1.807, 2.05) is 17.0 Å². The summed E-state index contributed by atoms with van der Waals surface area (Å²) in [5.41, 5.74) is 1.15. The molecule has 0 radical (unpaired) electrons. The van der Waals surface area contributed by atoms with E-state index in [1.54, 1.807) is 12.4 Å². The number of nitrogens with zero attached hydrogens (tertiary/aromatic N) is 4. The van der Waals surface area contributed by atoms with Crippen molar-refractivity contribution in [3.63, 3.8) is 0 Å². The van der Waals surface area contributed by atoms with E-state index >= 15 is 0 Å². The summed E-state index contributed by atoms with van der Waals surface area (Å²) in [4.78, 5) is 23.5. The third-order valence-corrected chi connectivity index (χ3v) is 5.85. The van der Waals surface area contributed by atoms with Gasteiger partial charge in [0.25, 0.3) is 0 Å². The minimum Gasteiger partial charge on any atom is -0.396 e. The third-order valence-electron chi connectivity index (χ3n) is 5.85. The SMILES string of the molecule is CN1CCCN(CC2CN(C(=O)CCc3ccncc3)CC2CO)CC1. The Morgan fingerprint density at radius 3 is 2.69 bits per heavy atom. The highest BCUT2D eigenvalue weighted by Crippen LogP contribution is 2.25. The summed E-state index contributed by atoms with van der Waals surface area (Å²) in [6.45, 7) is 7.11. The van der Waals surface area contributed by atoms with E-state index in [0.717, 1.165) is 51.3 Å². The lowest BCUT2D eigenvalue weighted by Gasteiger charge is -2.26. The predicted molar refractivity (Wildman–Crippen MR) is 102 cm³/mol. The van der Waals surface area contributed by atoms with Crippen LogP contribution in [-0.4, -0.2) is 90.2 Å². The molecule has 0 spiro atoms. The molecule has 144 valence electrons. The molecule has 2 fully saturated rings. The Bertz CT molecular complexity index is 568. The number of aryl methyl sites for hydroxylation is 1. The Hall–Kier alpha value is -1.50. The lowest BCUT2D eigenvalue weighted by Crippen LogP contribution is -2.36. The lowest BCUT2D eigenvalue weighted by molar-refractivity contribution is -0.130. The third kappa shape index (κ3) is 5.25. The van der Waals surface area contributed by atoms with Gasteiger partial charge in [0.15, 0.2) is 0 Å². The summed E-state index contributed by atoms with van der Waals surface area (Å²) in [5, 5.41) is 9.80. The molecule has 1 aromatic rings. The number of aliphatic hydroxyl groups excluding tert-OH is 1. The molecule has 2 aliphatic rings. The van der Waals surface area contributed by atoms with Gasteiger partial charge in [-0.15, -0.1) is 0 Å². The van der Waals surface area contributed by atoms with E-state index in [-0.39, 0.29) is 18.4 Å². The lowest BCUT2D eigenvalue weighted by atomic mass is 9.96. The van der Waals surface area contributed by atoms with Crippen molar-refractivity contribution in [3.05, 3.63) is 30.1 Å². The number of carbonyl (C=O) groups excluding carboxylic acids is 1. The van der Waals surface area contributed by atoms with Gasteiger partial charge in [-0.2, -0.15) is 0 Å². The minimum absolute atomic E-state index is 0.173. The highest BCUT2D eigenvalue weighted by atomic mass is 16.3. The van der Waals surface area contributed by atoms with Crippen LogP contribution in [0.1, 0.15) is 18.4 Å². The molecule has 0 aliphatic carbocycles. The maximum Gasteiger partial charge on any atom is 0.222 e. The van der Waals surface area contributed by atoms with Crippen LogP contribution in [0.4, 0.5) is 0 Å². The van der Waals surface area contributed by atoms with Gasteiger partial charge in [0, 0.05) is 64.1 Å². The summed E-state index contributed by atoms with van der Waals surface area (Å²) in [5.74, 6) is 0.799. The van der Waals surface area contributed by atoms with Crippen LogP contribution in [0.5, 0.6) is 0 Å². The molecule has 3 rings (SSSR count). The van der Waals surface area contributed by atoms with Crippen molar-refractivity contribution in [2.75, 3.05) is 59.5 Å². The number of likely N-dealkylation sites (tertiary alicyclic amines) is 1. The monoisotopic (exact) mass is 360 g/mol. The maximum atomic E-state index is 12.6. The fourth-order valence-corrected chi connectivity index (χ4v) is 4.13. The highest BCUT2D eigenvalue weighted by molar-refractivity contribution is 5.76. The first-order valence-electron chi connectivity index (χ1n) is 9.84. The molecule has 0 saturated carbocycles. The van der Waals surface area contributed by atoms with Gasteiger partial charge in [-0.1, -0.05) is 0 Å². The first kappa shape index (κ1) is 19.3. The van der Waals surface area contributed by atoms with Crippen molar-refractivity contribution in [1.29, 1.82) is 0 Å². The Balaban J connectivity index is 1.50. The molecule has 1 aromatic heterocycles. The number of carbonyl (C=O) groups is 1. The van der Waals surface area contributed by atoms with Crippen LogP contribution in [-0.2, 0) is 11.2 Å². The van der Waals surface area contributed by atoms with E-state index in [4.69, 9.17) is 0 Å². The summed E-state index contributed by atoms with van der Waals surface area (Å²) in [6.07, 6.45) is 6.02. The quantitative estimate of drug-likeness (QED) is 0.810. The zero-order valence-corrected chi connectivity index (χ0v) is 15.9. The first-order chi connectivity index (χ1) is 12.7. The van der Waals surface area contributed by atoms with Gasteiger partial charge in [-0.05, 0) is 56.6 Å². The second kappa shape index (κ2) is 9.44. The first-order valence-corrected chi connectivity index (χ1v) is 9.84. The highest BCUT2D eigenvalue weighted by Gasteiger charge is 2.35. The fraction of sp³-hybridized carbons (Fsp3) is 0.700. The van der Waals surface area contributed by atoms with Crippen LogP contribution < -0.4 is 0 Å². The molecular weight excluding hydrogens is 328 g/mol. The summed E-state index contributed by atoms with van der Waals surface area (Å²) in [7, 11) is 2.18. The normalized spacial score (nSPS) is 25.4. The van der Waals surface area contributed by atoms with Crippen LogP contribution in [0.25, 0.3) is 0 Å². The van der Waals surface area contributed by atoms with E-state index in [2.05, 4.69) is 21.8 Å². The fourth-order valence-electron chi connectivity index (χ4n) is 4.13. The Morgan fingerprint density at radius 1 is 1.15 bits per heavy atom. The summed E-state index contributed by atoms with van der Waals surface area (Å²) >= 11 is 0. The number of rotatable bonds is 6. The van der Waals surface area contributed by atoms with Gasteiger partial charge in [0.05, 0.1) is 0 Å². The van der Waals surface area contributed by atoms with E-state index in [1.165, 1.54) is 6.42 Å². The van der Waals surface area contributed by atoms with E-state index in [0.29, 0.717) is 18.9 Å². The van der Waals surface area contributed by atoms with Gasteiger partial charge in [0.2, 0.25) is 5.91 Å². The maximum absolute atomic E-state index is 12.6. The van der Waals surface area contributed by atoms with E-state index < -0.39 is 0 Å². The molecule has 0 bridgehead atoms. The summed E-state index contributed by atoms with van der Waals surface area (Å²) in [6, 6.07) is 3.93. The molecule has 2 saturated heterocycles. The van der Waals surface area contributed by atoms with E-state index in [9.17, 15) is 9.90 Å². The van der Waals surface area contributed by atoms with Crippen molar-refractivity contribution in [2.24, 2.45) is 11.8 Å². The van der Waals surface area contributed by atoms with Gasteiger partial charge in [-0.3, -0.25) is 9.78 Å². The van der Waals surface area contributed by atoms with Crippen LogP contribution in [0.2, 0.25) is 0 Å². The molecule has 2 atom stereocenters. The molecule has 0 aromatic carbocycles. The van der Waals surface area contributed by atoms with Crippen LogP contribution >= 0.6 is 0 Å². The van der Waals surface area contributed by atoms with Crippen LogP contribution in [0.3, 0.4) is 0 Å². The van der Waals surface area contributed by atoms with Crippen molar-refractivity contribution in [3.8, 4) is 0 Å². The molecule has 6 heteroatoms. The van der Waals surface area contributed by atoms with Crippen LogP contribution in [0.15, 0.2) is 24.5 Å². The molecular formula is C20H32N4O2. The number of aromatic nitrogens is 1. The Labute approximate surface area is 156 Å².